The molecule has 3 heteroatoms. The molecule has 2 nitrogen and oxygen atoms in total. The van der Waals surface area contributed by atoms with Crippen molar-refractivity contribution in [2.75, 3.05) is 0 Å². The van der Waals surface area contributed by atoms with Crippen molar-refractivity contribution >= 4 is 75.1 Å². The summed E-state index contributed by atoms with van der Waals surface area (Å²) in [6.45, 7) is 0. The van der Waals surface area contributed by atoms with E-state index in [9.17, 15) is 0 Å². The molecule has 238 valence electrons. The van der Waals surface area contributed by atoms with Crippen molar-refractivity contribution in [3.05, 3.63) is 182 Å². The molecule has 8 aromatic carbocycles. The zero-order valence-electron chi connectivity index (χ0n) is 27.6. The van der Waals surface area contributed by atoms with Crippen molar-refractivity contribution in [1.29, 1.82) is 0 Å². The molecule has 0 unspecified atom stereocenters. The van der Waals surface area contributed by atoms with Gasteiger partial charge in [0.2, 0.25) is 0 Å². The number of hydrogen-bond acceptors (Lipinski definition) is 1. The van der Waals surface area contributed by atoms with Gasteiger partial charge in [0, 0.05) is 47.4 Å². The number of hydrogen-bond donors (Lipinski definition) is 0. The normalized spacial score (nSPS) is 11.9. The summed E-state index contributed by atoms with van der Waals surface area (Å²) in [6.07, 6.45) is 0. The first-order valence-electron chi connectivity index (χ1n) is 17.4. The standard InChI is InChI=1S/C48H30N2S/c1-3-12-31(13-4-1)32-22-25-42-39(28-32)40-30-34(23-26-43(40)49(42)35-14-5-2-6-15-35)33-24-27-44-38(29-33)36-16-7-9-18-41(36)50(44)45-19-11-21-47-48(45)37-17-8-10-20-46(37)51-47/h1-30H. The molecule has 0 bridgehead atoms. The summed E-state index contributed by atoms with van der Waals surface area (Å²) < 4.78 is 7.50. The van der Waals surface area contributed by atoms with Gasteiger partial charge in [-0.3, -0.25) is 0 Å². The summed E-state index contributed by atoms with van der Waals surface area (Å²) in [5.74, 6) is 0. The summed E-state index contributed by atoms with van der Waals surface area (Å²) >= 11 is 1.87. The predicted molar refractivity (Wildman–Crippen MR) is 219 cm³/mol. The van der Waals surface area contributed by atoms with Crippen LogP contribution in [0.3, 0.4) is 0 Å². The van der Waals surface area contributed by atoms with Gasteiger partial charge in [0.1, 0.15) is 0 Å². The lowest BCUT2D eigenvalue weighted by molar-refractivity contribution is 1.18. The molecule has 11 rings (SSSR count). The van der Waals surface area contributed by atoms with Gasteiger partial charge in [0.25, 0.3) is 0 Å². The van der Waals surface area contributed by atoms with Crippen LogP contribution in [0.4, 0.5) is 0 Å². The van der Waals surface area contributed by atoms with Crippen LogP contribution in [0.25, 0.3) is 97.4 Å². The minimum Gasteiger partial charge on any atom is -0.309 e. The Kier molecular flexibility index (Phi) is 6.16. The Hall–Kier alpha value is -6.42. The molecule has 0 N–H and O–H groups in total. The lowest BCUT2D eigenvalue weighted by Gasteiger charge is -2.11. The van der Waals surface area contributed by atoms with E-state index in [2.05, 4.69) is 191 Å². The first-order valence-corrected chi connectivity index (χ1v) is 18.3. The van der Waals surface area contributed by atoms with Crippen molar-refractivity contribution < 1.29 is 0 Å². The van der Waals surface area contributed by atoms with Gasteiger partial charge < -0.3 is 9.13 Å². The first kappa shape index (κ1) is 28.4. The zero-order valence-corrected chi connectivity index (χ0v) is 28.4. The zero-order chi connectivity index (χ0) is 33.5. The number of para-hydroxylation sites is 2. The van der Waals surface area contributed by atoms with Crippen molar-refractivity contribution in [2.45, 2.75) is 0 Å². The van der Waals surface area contributed by atoms with Crippen molar-refractivity contribution in [1.82, 2.24) is 9.13 Å². The molecule has 0 aliphatic rings. The lowest BCUT2D eigenvalue weighted by atomic mass is 9.99. The fourth-order valence-electron chi connectivity index (χ4n) is 8.22. The third-order valence-corrected chi connectivity index (χ3v) is 11.6. The molecule has 51 heavy (non-hydrogen) atoms. The maximum Gasteiger partial charge on any atom is 0.0555 e. The summed E-state index contributed by atoms with van der Waals surface area (Å²) in [6, 6.07) is 66.7. The van der Waals surface area contributed by atoms with E-state index in [1.165, 1.54) is 97.4 Å². The highest BCUT2D eigenvalue weighted by molar-refractivity contribution is 7.25. The van der Waals surface area contributed by atoms with E-state index in [0.29, 0.717) is 0 Å². The van der Waals surface area contributed by atoms with Crippen LogP contribution < -0.4 is 0 Å². The maximum atomic E-state index is 2.47. The number of nitrogens with zero attached hydrogens (tertiary/aromatic N) is 2. The van der Waals surface area contributed by atoms with E-state index in [1.54, 1.807) is 0 Å². The van der Waals surface area contributed by atoms with Gasteiger partial charge >= 0.3 is 0 Å². The highest BCUT2D eigenvalue weighted by atomic mass is 32.1. The quantitative estimate of drug-likeness (QED) is 0.177. The van der Waals surface area contributed by atoms with Gasteiger partial charge in [-0.05, 0) is 95.1 Å². The summed E-state index contributed by atoms with van der Waals surface area (Å²) in [5, 5.41) is 7.67. The Balaban J connectivity index is 1.14. The molecule has 3 aromatic heterocycles. The van der Waals surface area contributed by atoms with E-state index in [4.69, 9.17) is 0 Å². The van der Waals surface area contributed by atoms with Crippen molar-refractivity contribution in [3.63, 3.8) is 0 Å². The number of rotatable bonds is 4. The Bertz CT molecular complexity index is 3130. The Morgan fingerprint density at radius 3 is 1.53 bits per heavy atom. The topological polar surface area (TPSA) is 9.86 Å². The summed E-state index contributed by atoms with van der Waals surface area (Å²) in [7, 11) is 0. The van der Waals surface area contributed by atoms with Gasteiger partial charge in [0.15, 0.2) is 0 Å². The highest BCUT2D eigenvalue weighted by Crippen LogP contribution is 2.42. The summed E-state index contributed by atoms with van der Waals surface area (Å²) in [5.41, 5.74) is 12.1. The largest absolute Gasteiger partial charge is 0.309 e. The van der Waals surface area contributed by atoms with Crippen LogP contribution in [0.5, 0.6) is 0 Å². The molecule has 0 aliphatic heterocycles. The smallest absolute Gasteiger partial charge is 0.0555 e. The average Bonchev–Trinajstić information content (AvgIpc) is 3.85. The molecule has 0 amide bonds. The SMILES string of the molecule is c1ccc(-c2ccc3c(c2)c2cc(-c4ccc5c(c4)c4ccccc4n5-c4cccc5sc6ccccc6c45)ccc2n3-c2ccccc2)cc1. The van der Waals surface area contributed by atoms with Crippen LogP contribution in [0.15, 0.2) is 182 Å². The molecule has 0 radical (unpaired) electrons. The van der Waals surface area contributed by atoms with Gasteiger partial charge in [-0.1, -0.05) is 109 Å². The van der Waals surface area contributed by atoms with Crippen LogP contribution in [0, 0.1) is 0 Å². The third-order valence-electron chi connectivity index (χ3n) is 10.5. The van der Waals surface area contributed by atoms with Crippen LogP contribution in [0.1, 0.15) is 0 Å². The van der Waals surface area contributed by atoms with Crippen LogP contribution in [-0.2, 0) is 0 Å². The van der Waals surface area contributed by atoms with Crippen LogP contribution in [-0.4, -0.2) is 9.13 Å². The van der Waals surface area contributed by atoms with Crippen LogP contribution in [0.2, 0.25) is 0 Å². The minimum atomic E-state index is 1.17. The summed E-state index contributed by atoms with van der Waals surface area (Å²) in [4.78, 5) is 0. The molecule has 0 saturated heterocycles. The second-order valence-corrected chi connectivity index (χ2v) is 14.4. The van der Waals surface area contributed by atoms with Gasteiger partial charge in [-0.2, -0.15) is 0 Å². The maximum absolute atomic E-state index is 2.47. The van der Waals surface area contributed by atoms with E-state index in [1.807, 2.05) is 11.3 Å². The van der Waals surface area contributed by atoms with E-state index in [-0.39, 0.29) is 0 Å². The monoisotopic (exact) mass is 666 g/mol. The van der Waals surface area contributed by atoms with Crippen molar-refractivity contribution in [3.8, 4) is 33.6 Å². The van der Waals surface area contributed by atoms with E-state index >= 15 is 0 Å². The molecule has 3 heterocycles. The van der Waals surface area contributed by atoms with E-state index in [0.717, 1.165) is 0 Å². The highest BCUT2D eigenvalue weighted by Gasteiger charge is 2.19. The molecule has 0 aliphatic carbocycles. The number of benzene rings is 8. The van der Waals surface area contributed by atoms with E-state index < -0.39 is 0 Å². The van der Waals surface area contributed by atoms with Crippen LogP contribution >= 0.6 is 11.3 Å². The molecule has 0 fully saturated rings. The molecular weight excluding hydrogens is 637 g/mol. The number of aromatic nitrogens is 2. The third kappa shape index (κ3) is 4.29. The Morgan fingerprint density at radius 2 is 0.824 bits per heavy atom. The predicted octanol–water partition coefficient (Wildman–Crippen LogP) is 13.6. The fourth-order valence-corrected chi connectivity index (χ4v) is 9.35. The van der Waals surface area contributed by atoms with Gasteiger partial charge in [0.05, 0.1) is 27.8 Å². The van der Waals surface area contributed by atoms with Crippen molar-refractivity contribution in [2.24, 2.45) is 0 Å². The Labute approximate surface area is 298 Å². The lowest BCUT2D eigenvalue weighted by Crippen LogP contribution is -1.94. The number of thiophene rings is 1. The molecule has 11 aromatic rings. The average molecular weight is 667 g/mol. The molecule has 0 saturated carbocycles. The second-order valence-electron chi connectivity index (χ2n) is 13.3. The number of fused-ring (bicyclic) bond motifs is 9. The first-order chi connectivity index (χ1) is 25.3. The van der Waals surface area contributed by atoms with Gasteiger partial charge in [-0.15, -0.1) is 11.3 Å². The minimum absolute atomic E-state index is 1.17. The molecule has 0 spiro atoms. The molecular formula is C48H30N2S. The second kappa shape index (κ2) is 11.0. The molecule has 0 atom stereocenters. The fraction of sp³-hybridized carbons (Fsp3) is 0. The Morgan fingerprint density at radius 1 is 0.314 bits per heavy atom. The van der Waals surface area contributed by atoms with Gasteiger partial charge in [-0.25, -0.2) is 0 Å².